The predicted molar refractivity (Wildman–Crippen MR) is 111 cm³/mol. The van der Waals surface area contributed by atoms with Gasteiger partial charge in [0.2, 0.25) is 0 Å². The number of ether oxygens (including phenoxy) is 1. The summed E-state index contributed by atoms with van der Waals surface area (Å²) in [6, 6.07) is 16.3. The van der Waals surface area contributed by atoms with Crippen LogP contribution >= 0.6 is 0 Å². The van der Waals surface area contributed by atoms with Gasteiger partial charge in [-0.3, -0.25) is 4.98 Å². The lowest BCUT2D eigenvalue weighted by Crippen LogP contribution is -2.20. The molecule has 0 saturated carbocycles. The summed E-state index contributed by atoms with van der Waals surface area (Å²) in [4.78, 5) is 4.26. The van der Waals surface area contributed by atoms with Crippen LogP contribution in [0.2, 0.25) is 0 Å². The Morgan fingerprint density at radius 1 is 1.11 bits per heavy atom. The number of halogens is 1. The van der Waals surface area contributed by atoms with Crippen LogP contribution in [0.1, 0.15) is 18.1 Å². The Labute approximate surface area is 164 Å². The Morgan fingerprint density at radius 2 is 1.96 bits per heavy atom. The van der Waals surface area contributed by atoms with Gasteiger partial charge in [0.05, 0.1) is 0 Å². The highest BCUT2D eigenvalue weighted by atomic mass is 19.1. The molecule has 0 aliphatic heterocycles. The molecule has 0 radical (unpaired) electrons. The standard InChI is InChI=1S/C23H24FN3O/c1-17(25)11-20-5-2-3-8-23(20)28-10-9-26-14-18-12-21(16-27-15-18)19-6-4-7-22(24)13-19/h2-8,11-13,15-16,26H,9-10,14,25H2,1H3/b17-11-. The second kappa shape index (κ2) is 9.67. The SMILES string of the molecule is C/C(N)=C/c1ccccc1OCCNCc1cncc(-c2cccc(F)c2)c1. The molecule has 0 spiro atoms. The van der Waals surface area contributed by atoms with Gasteiger partial charge in [-0.1, -0.05) is 30.3 Å². The number of aromatic nitrogens is 1. The third-order valence-corrected chi connectivity index (χ3v) is 4.12. The predicted octanol–water partition coefficient (Wildman–Crippen LogP) is 4.38. The van der Waals surface area contributed by atoms with Gasteiger partial charge in [-0.05, 0) is 48.4 Å². The zero-order valence-electron chi connectivity index (χ0n) is 15.9. The van der Waals surface area contributed by atoms with Crippen LogP contribution in [0, 0.1) is 5.82 Å². The maximum absolute atomic E-state index is 13.4. The van der Waals surface area contributed by atoms with Gasteiger partial charge in [0.1, 0.15) is 18.2 Å². The van der Waals surface area contributed by atoms with E-state index in [1.54, 1.807) is 18.5 Å². The fourth-order valence-corrected chi connectivity index (χ4v) is 2.85. The Morgan fingerprint density at radius 3 is 2.79 bits per heavy atom. The van der Waals surface area contributed by atoms with Crippen molar-refractivity contribution in [3.05, 3.63) is 89.6 Å². The highest BCUT2D eigenvalue weighted by molar-refractivity contribution is 5.63. The van der Waals surface area contributed by atoms with Crippen LogP contribution in [-0.2, 0) is 6.54 Å². The Hall–Kier alpha value is -3.18. The van der Waals surface area contributed by atoms with Crippen LogP contribution < -0.4 is 15.8 Å². The summed E-state index contributed by atoms with van der Waals surface area (Å²) in [5, 5.41) is 3.34. The molecule has 0 amide bonds. The van der Waals surface area contributed by atoms with Gasteiger partial charge in [-0.25, -0.2) is 4.39 Å². The van der Waals surface area contributed by atoms with Crippen molar-refractivity contribution in [2.45, 2.75) is 13.5 Å². The van der Waals surface area contributed by atoms with Gasteiger partial charge in [0.15, 0.2) is 0 Å². The first-order chi connectivity index (χ1) is 13.6. The van der Waals surface area contributed by atoms with E-state index in [1.807, 2.05) is 49.4 Å². The lowest BCUT2D eigenvalue weighted by atomic mass is 10.1. The van der Waals surface area contributed by atoms with Crippen molar-refractivity contribution in [1.82, 2.24) is 10.3 Å². The summed E-state index contributed by atoms with van der Waals surface area (Å²) < 4.78 is 19.3. The number of nitrogens with zero attached hydrogens (tertiary/aromatic N) is 1. The Kier molecular flexibility index (Phi) is 6.76. The van der Waals surface area contributed by atoms with E-state index in [0.717, 1.165) is 33.7 Å². The number of nitrogens with one attached hydrogen (secondary N) is 1. The van der Waals surface area contributed by atoms with Crippen molar-refractivity contribution in [2.75, 3.05) is 13.2 Å². The molecule has 0 saturated heterocycles. The minimum absolute atomic E-state index is 0.252. The normalized spacial score (nSPS) is 11.4. The molecule has 2 aromatic carbocycles. The Bertz CT molecular complexity index is 952. The van der Waals surface area contributed by atoms with Crippen molar-refractivity contribution >= 4 is 6.08 Å². The molecule has 1 aromatic heterocycles. The third kappa shape index (κ3) is 5.66. The number of nitrogens with two attached hydrogens (primary N) is 1. The number of hydrogen-bond donors (Lipinski definition) is 2. The summed E-state index contributed by atoms with van der Waals surface area (Å²) in [6.07, 6.45) is 5.44. The van der Waals surface area contributed by atoms with Crippen molar-refractivity contribution in [3.63, 3.8) is 0 Å². The van der Waals surface area contributed by atoms with Crippen LogP contribution in [0.4, 0.5) is 4.39 Å². The first-order valence-electron chi connectivity index (χ1n) is 9.18. The van der Waals surface area contributed by atoms with Crippen molar-refractivity contribution in [3.8, 4) is 16.9 Å². The van der Waals surface area contributed by atoms with Crippen LogP contribution in [0.5, 0.6) is 5.75 Å². The minimum atomic E-state index is -0.252. The van der Waals surface area contributed by atoms with Crippen LogP contribution in [0.25, 0.3) is 17.2 Å². The van der Waals surface area contributed by atoms with Gasteiger partial charge in [-0.15, -0.1) is 0 Å². The molecule has 0 bridgehead atoms. The molecule has 0 aliphatic rings. The van der Waals surface area contributed by atoms with E-state index < -0.39 is 0 Å². The molecule has 5 heteroatoms. The van der Waals surface area contributed by atoms with E-state index in [4.69, 9.17) is 10.5 Å². The first kappa shape index (κ1) is 19.6. The quantitative estimate of drug-likeness (QED) is 0.572. The fraction of sp³-hybridized carbons (Fsp3) is 0.174. The van der Waals surface area contributed by atoms with E-state index in [1.165, 1.54) is 12.1 Å². The molecule has 144 valence electrons. The average molecular weight is 377 g/mol. The van der Waals surface area contributed by atoms with Crippen LogP contribution in [0.15, 0.2) is 72.7 Å². The molecule has 1 heterocycles. The molecule has 0 fully saturated rings. The maximum atomic E-state index is 13.4. The van der Waals surface area contributed by atoms with Crippen molar-refractivity contribution < 1.29 is 9.13 Å². The zero-order valence-corrected chi connectivity index (χ0v) is 15.9. The fourth-order valence-electron chi connectivity index (χ4n) is 2.85. The molecule has 0 atom stereocenters. The van der Waals surface area contributed by atoms with Crippen molar-refractivity contribution in [2.24, 2.45) is 5.73 Å². The van der Waals surface area contributed by atoms with E-state index in [2.05, 4.69) is 10.3 Å². The Balaban J connectivity index is 1.51. The van der Waals surface area contributed by atoms with Gasteiger partial charge < -0.3 is 15.8 Å². The van der Waals surface area contributed by atoms with Crippen LogP contribution in [0.3, 0.4) is 0 Å². The molecular formula is C23H24FN3O. The molecule has 0 aliphatic carbocycles. The summed E-state index contributed by atoms with van der Waals surface area (Å²) in [5.41, 5.74) is 10.2. The molecule has 4 nitrogen and oxygen atoms in total. The molecule has 3 rings (SSSR count). The lowest BCUT2D eigenvalue weighted by molar-refractivity contribution is 0.313. The minimum Gasteiger partial charge on any atom is -0.492 e. The van der Waals surface area contributed by atoms with Gasteiger partial charge >= 0.3 is 0 Å². The largest absolute Gasteiger partial charge is 0.492 e. The van der Waals surface area contributed by atoms with Crippen LogP contribution in [-0.4, -0.2) is 18.1 Å². The maximum Gasteiger partial charge on any atom is 0.126 e. The second-order valence-electron chi connectivity index (χ2n) is 6.54. The summed E-state index contributed by atoms with van der Waals surface area (Å²) in [7, 11) is 0. The smallest absolute Gasteiger partial charge is 0.126 e. The zero-order chi connectivity index (χ0) is 19.8. The second-order valence-corrected chi connectivity index (χ2v) is 6.54. The number of allylic oxidation sites excluding steroid dienone is 1. The summed E-state index contributed by atoms with van der Waals surface area (Å²) in [5.74, 6) is 0.557. The summed E-state index contributed by atoms with van der Waals surface area (Å²) >= 11 is 0. The van der Waals surface area contributed by atoms with E-state index in [-0.39, 0.29) is 5.82 Å². The highest BCUT2D eigenvalue weighted by Crippen LogP contribution is 2.21. The monoisotopic (exact) mass is 377 g/mol. The number of pyridine rings is 1. The topological polar surface area (TPSA) is 60.2 Å². The van der Waals surface area contributed by atoms with E-state index >= 15 is 0 Å². The molecule has 3 aromatic rings. The number of para-hydroxylation sites is 1. The molecular weight excluding hydrogens is 353 g/mol. The van der Waals surface area contributed by atoms with Gasteiger partial charge in [0, 0.05) is 42.3 Å². The van der Waals surface area contributed by atoms with E-state index in [9.17, 15) is 4.39 Å². The van der Waals surface area contributed by atoms with Gasteiger partial charge in [0.25, 0.3) is 0 Å². The molecule has 3 N–H and O–H groups in total. The number of rotatable bonds is 8. The molecule has 28 heavy (non-hydrogen) atoms. The summed E-state index contributed by atoms with van der Waals surface area (Å²) in [6.45, 7) is 3.72. The number of hydrogen-bond acceptors (Lipinski definition) is 4. The first-order valence-corrected chi connectivity index (χ1v) is 9.18. The number of benzene rings is 2. The molecule has 0 unspecified atom stereocenters. The van der Waals surface area contributed by atoms with Gasteiger partial charge in [-0.2, -0.15) is 0 Å². The third-order valence-electron chi connectivity index (χ3n) is 4.12. The van der Waals surface area contributed by atoms with Crippen molar-refractivity contribution in [1.29, 1.82) is 0 Å². The lowest BCUT2D eigenvalue weighted by Gasteiger charge is -2.11. The highest BCUT2D eigenvalue weighted by Gasteiger charge is 2.03. The average Bonchev–Trinajstić information content (AvgIpc) is 2.69. The van der Waals surface area contributed by atoms with E-state index in [0.29, 0.717) is 19.7 Å².